The fourth-order valence-electron chi connectivity index (χ4n) is 10.3. The summed E-state index contributed by atoms with van der Waals surface area (Å²) < 4.78 is 68.6. The third-order valence-corrected chi connectivity index (χ3v) is 18.4. The molecular formula is C91H146O17P2. The van der Waals surface area contributed by atoms with Gasteiger partial charge in [-0.15, -0.1) is 0 Å². The molecule has 0 fully saturated rings. The van der Waals surface area contributed by atoms with Gasteiger partial charge < -0.3 is 33.8 Å². The van der Waals surface area contributed by atoms with Gasteiger partial charge in [0.15, 0.2) is 12.2 Å². The molecule has 0 spiro atoms. The van der Waals surface area contributed by atoms with E-state index in [-0.39, 0.29) is 25.7 Å². The summed E-state index contributed by atoms with van der Waals surface area (Å²) in [5, 5.41) is 10.7. The zero-order valence-corrected chi connectivity index (χ0v) is 69.9. The zero-order valence-electron chi connectivity index (χ0n) is 68.1. The predicted molar refractivity (Wildman–Crippen MR) is 454 cm³/mol. The molecule has 110 heavy (non-hydrogen) atoms. The van der Waals surface area contributed by atoms with Crippen LogP contribution in [0.25, 0.3) is 0 Å². The summed E-state index contributed by atoms with van der Waals surface area (Å²) >= 11 is 0. The molecule has 0 saturated heterocycles. The van der Waals surface area contributed by atoms with Gasteiger partial charge in [0, 0.05) is 25.7 Å². The van der Waals surface area contributed by atoms with Gasteiger partial charge in [-0.25, -0.2) is 9.13 Å². The van der Waals surface area contributed by atoms with Crippen LogP contribution in [0.5, 0.6) is 0 Å². The van der Waals surface area contributed by atoms with Gasteiger partial charge in [-0.3, -0.25) is 37.3 Å². The van der Waals surface area contributed by atoms with Crippen LogP contribution in [-0.2, 0) is 65.4 Å². The molecule has 0 aliphatic heterocycles. The van der Waals surface area contributed by atoms with Crippen molar-refractivity contribution in [3.8, 4) is 0 Å². The Labute approximate surface area is 666 Å². The second-order valence-corrected chi connectivity index (χ2v) is 29.8. The fraction of sp³-hybridized carbons (Fsp3) is 0.604. The normalized spacial score (nSPS) is 14.8. The van der Waals surface area contributed by atoms with Crippen LogP contribution >= 0.6 is 15.6 Å². The van der Waals surface area contributed by atoms with Crippen molar-refractivity contribution < 1.29 is 80.2 Å². The first kappa shape index (κ1) is 104. The number of rotatable bonds is 76. The van der Waals surface area contributed by atoms with E-state index >= 15 is 0 Å². The lowest BCUT2D eigenvalue weighted by Crippen LogP contribution is -2.30. The SMILES string of the molecule is CC/C=C\C/C=C\C/C=C\C/C=C\C/C=C\C/C=C\CCC(=O)OCC(COP(=O)(O)OCC(O)COP(=O)(O)OCC(COC(=O)CCCCCCCC/C=C\C/C=C\C/C=C\C/C=C\CC)OC(=O)CCCCCCC/C=C\C/C=C\CCC)OC(=O)CCCCCCCC/C=C\C/C=C\C/C=C\C/C=C\CC. The molecule has 0 aliphatic carbocycles. The molecule has 5 atom stereocenters. The maximum atomic E-state index is 13.1. The third-order valence-electron chi connectivity index (χ3n) is 16.5. The summed E-state index contributed by atoms with van der Waals surface area (Å²) in [5.74, 6) is -2.33. The summed E-state index contributed by atoms with van der Waals surface area (Å²) in [6.45, 7) is 4.33. The number of allylic oxidation sites excluding steroid dienone is 32. The minimum Gasteiger partial charge on any atom is -0.462 e. The van der Waals surface area contributed by atoms with Gasteiger partial charge in [-0.1, -0.05) is 299 Å². The molecule has 0 rings (SSSR count). The minimum atomic E-state index is -5.01. The van der Waals surface area contributed by atoms with E-state index in [2.05, 4.69) is 204 Å². The number of ether oxygens (including phenoxy) is 4. The number of phosphoric ester groups is 2. The monoisotopic (exact) mass is 1570 g/mol. The van der Waals surface area contributed by atoms with Crippen LogP contribution in [0.1, 0.15) is 297 Å². The Morgan fingerprint density at radius 3 is 0.782 bits per heavy atom. The Kier molecular flexibility index (Phi) is 76.4. The number of carbonyl (C=O) groups excluding carboxylic acids is 4. The number of carbonyl (C=O) groups is 4. The Bertz CT molecular complexity index is 2850. The van der Waals surface area contributed by atoms with E-state index in [1.165, 1.54) is 0 Å². The maximum absolute atomic E-state index is 13.1. The molecule has 0 radical (unpaired) electrons. The highest BCUT2D eigenvalue weighted by Gasteiger charge is 2.30. The first-order chi connectivity index (χ1) is 53.7. The molecule has 17 nitrogen and oxygen atoms in total. The summed E-state index contributed by atoms with van der Waals surface area (Å²) in [6.07, 6.45) is 99.8. The number of aliphatic hydroxyl groups excluding tert-OH is 1. The lowest BCUT2D eigenvalue weighted by molar-refractivity contribution is -0.161. The summed E-state index contributed by atoms with van der Waals surface area (Å²) in [5.41, 5.74) is 0. The largest absolute Gasteiger partial charge is 0.472 e. The molecule has 0 heterocycles. The van der Waals surface area contributed by atoms with Crippen LogP contribution in [0.2, 0.25) is 0 Å². The van der Waals surface area contributed by atoms with Crippen molar-refractivity contribution in [1.29, 1.82) is 0 Å². The van der Waals surface area contributed by atoms with E-state index < -0.39 is 97.5 Å². The van der Waals surface area contributed by atoms with E-state index in [1.807, 2.05) is 18.2 Å². The Hall–Kier alpha value is -6.10. The highest BCUT2D eigenvalue weighted by molar-refractivity contribution is 7.47. The smallest absolute Gasteiger partial charge is 0.462 e. The van der Waals surface area contributed by atoms with Gasteiger partial charge in [0.1, 0.15) is 19.3 Å². The third kappa shape index (κ3) is 80.0. The Balaban J connectivity index is 5.48. The van der Waals surface area contributed by atoms with E-state index in [0.717, 1.165) is 212 Å². The van der Waals surface area contributed by atoms with E-state index in [0.29, 0.717) is 32.1 Å². The van der Waals surface area contributed by atoms with Crippen molar-refractivity contribution in [1.82, 2.24) is 0 Å². The molecule has 5 unspecified atom stereocenters. The second kappa shape index (κ2) is 80.9. The second-order valence-electron chi connectivity index (χ2n) is 26.9. The van der Waals surface area contributed by atoms with Crippen LogP contribution < -0.4 is 0 Å². The van der Waals surface area contributed by atoms with Crippen molar-refractivity contribution >= 4 is 39.5 Å². The number of hydrogen-bond acceptors (Lipinski definition) is 15. The molecule has 3 N–H and O–H groups in total. The maximum Gasteiger partial charge on any atom is 0.472 e. The van der Waals surface area contributed by atoms with Crippen molar-refractivity contribution in [3.05, 3.63) is 194 Å². The molecule has 622 valence electrons. The molecule has 0 aromatic rings. The Morgan fingerprint density at radius 2 is 0.491 bits per heavy atom. The number of unbranched alkanes of at least 4 members (excludes halogenated alkanes) is 18. The fourth-order valence-corrected chi connectivity index (χ4v) is 11.9. The van der Waals surface area contributed by atoms with Gasteiger partial charge in [-0.2, -0.15) is 0 Å². The highest BCUT2D eigenvalue weighted by atomic mass is 31.2. The number of hydrogen-bond donors (Lipinski definition) is 3. The minimum absolute atomic E-state index is 0.0250. The zero-order chi connectivity index (χ0) is 80.3. The standard InChI is InChI=1S/C91H146O17P2/c1-5-9-13-17-21-25-29-33-36-39-42-45-48-52-55-59-63-67-71-75-88(93)101-81-86(107-90(95)77-73-69-65-61-57-51-32-28-24-20-16-12-8-4)83-105-109(97,98)103-79-85(92)80-104-110(99,100)106-84-87(108-91(96)78-74-70-66-62-58-54-50-47-44-41-38-35-31-27-23-19-15-11-7-3)82-102-89(94)76-72-68-64-60-56-53-49-46-43-40-37-34-30-26-22-18-14-10-6-2/h9-11,13-16,20-23,25-28,32-38,42-47,53,56,64,68,85-87,92H,5-8,12,17-19,24,29-31,39-41,48-52,54-55,57-63,65-67,69-84H2,1-4H3,(H,97,98)(H,99,100)/b13-9-,14-10-,15-11-,20-16-,25-21-,26-22-,27-23-,32-28-,36-33-,37-34-,38-35-,45-42-,46-43-,47-44-,56-53-,68-64-. The van der Waals surface area contributed by atoms with Gasteiger partial charge >= 0.3 is 39.5 Å². The van der Waals surface area contributed by atoms with Gasteiger partial charge in [0.2, 0.25) is 0 Å². The van der Waals surface area contributed by atoms with Crippen LogP contribution in [0.3, 0.4) is 0 Å². The van der Waals surface area contributed by atoms with E-state index in [1.54, 1.807) is 0 Å². The average molecular weight is 1570 g/mol. The van der Waals surface area contributed by atoms with Gasteiger partial charge in [0.25, 0.3) is 0 Å². The highest BCUT2D eigenvalue weighted by Crippen LogP contribution is 2.45. The Morgan fingerprint density at radius 1 is 0.264 bits per heavy atom. The first-order valence-corrected chi connectivity index (χ1v) is 44.7. The van der Waals surface area contributed by atoms with Crippen LogP contribution in [0.4, 0.5) is 0 Å². The molecule has 0 aromatic carbocycles. The lowest BCUT2D eigenvalue weighted by Gasteiger charge is -2.21. The summed E-state index contributed by atoms with van der Waals surface area (Å²) in [7, 11) is -10.0. The molecule has 0 aliphatic rings. The predicted octanol–water partition coefficient (Wildman–Crippen LogP) is 24.9. The number of aliphatic hydroxyl groups is 1. The summed E-state index contributed by atoms with van der Waals surface area (Å²) in [6, 6.07) is 0. The van der Waals surface area contributed by atoms with Crippen molar-refractivity contribution in [2.45, 2.75) is 316 Å². The van der Waals surface area contributed by atoms with Crippen molar-refractivity contribution in [2.24, 2.45) is 0 Å². The topological polar surface area (TPSA) is 237 Å². The molecular weight excluding hydrogens is 1430 g/mol. The quantitative estimate of drug-likeness (QED) is 0.0169. The number of phosphoric acid groups is 2. The molecule has 0 aromatic heterocycles. The molecule has 19 heteroatoms. The van der Waals surface area contributed by atoms with Gasteiger partial charge in [0.05, 0.1) is 26.4 Å². The molecule has 0 saturated carbocycles. The first-order valence-electron chi connectivity index (χ1n) is 41.7. The average Bonchev–Trinajstić information content (AvgIpc) is 0.900. The van der Waals surface area contributed by atoms with E-state index in [4.69, 9.17) is 37.0 Å². The van der Waals surface area contributed by atoms with Crippen molar-refractivity contribution in [2.75, 3.05) is 39.6 Å². The summed E-state index contributed by atoms with van der Waals surface area (Å²) in [4.78, 5) is 73.2. The van der Waals surface area contributed by atoms with Crippen molar-refractivity contribution in [3.63, 3.8) is 0 Å². The van der Waals surface area contributed by atoms with Crippen LogP contribution in [0, 0.1) is 0 Å². The van der Waals surface area contributed by atoms with Gasteiger partial charge in [-0.05, 0) is 167 Å². The molecule has 0 amide bonds. The number of esters is 4. The van der Waals surface area contributed by atoms with E-state index in [9.17, 15) is 43.2 Å². The molecule has 0 bridgehead atoms. The lowest BCUT2D eigenvalue weighted by atomic mass is 10.1. The van der Waals surface area contributed by atoms with Crippen LogP contribution in [-0.4, -0.2) is 96.7 Å². The van der Waals surface area contributed by atoms with Crippen LogP contribution in [0.15, 0.2) is 194 Å².